The van der Waals surface area contributed by atoms with E-state index in [2.05, 4.69) is 5.32 Å². The van der Waals surface area contributed by atoms with Crippen LogP contribution in [0.25, 0.3) is 5.57 Å². The maximum atomic E-state index is 13.1. The van der Waals surface area contributed by atoms with Crippen LogP contribution in [0.5, 0.6) is 0 Å². The van der Waals surface area contributed by atoms with Crippen LogP contribution in [0.4, 0.5) is 13.2 Å². The van der Waals surface area contributed by atoms with Gasteiger partial charge < -0.3 is 5.32 Å². The number of nitrogens with one attached hydrogen (secondary N) is 1. The van der Waals surface area contributed by atoms with Gasteiger partial charge in [-0.2, -0.15) is 13.2 Å². The molecule has 0 aliphatic carbocycles. The zero-order valence-corrected chi connectivity index (χ0v) is 12.4. The van der Waals surface area contributed by atoms with Crippen LogP contribution >= 0.6 is 0 Å². The molecule has 0 unspecified atom stereocenters. The van der Waals surface area contributed by atoms with Gasteiger partial charge in [-0.25, -0.2) is 0 Å². The van der Waals surface area contributed by atoms with Crippen molar-refractivity contribution in [2.24, 2.45) is 0 Å². The highest BCUT2D eigenvalue weighted by atomic mass is 19.4. The first-order valence-electron chi connectivity index (χ1n) is 6.82. The minimum Gasteiger partial charge on any atom is -0.348 e. The highest BCUT2D eigenvalue weighted by molar-refractivity contribution is 5.96. The first-order valence-corrected chi connectivity index (χ1v) is 6.82. The zero-order chi connectivity index (χ0) is 16.1. The molecule has 0 bridgehead atoms. The van der Waals surface area contributed by atoms with Gasteiger partial charge in [0, 0.05) is 11.6 Å². The summed E-state index contributed by atoms with van der Waals surface area (Å²) >= 11 is 0. The lowest BCUT2D eigenvalue weighted by atomic mass is 9.98. The number of carbonyl (C=O) groups is 1. The molecule has 116 valence electrons. The zero-order valence-electron chi connectivity index (χ0n) is 12.4. The number of benzene rings is 1. The van der Waals surface area contributed by atoms with Crippen LogP contribution in [-0.4, -0.2) is 17.6 Å². The Morgan fingerprint density at radius 1 is 1.19 bits per heavy atom. The molecule has 0 aliphatic heterocycles. The molecule has 1 amide bonds. The highest BCUT2D eigenvalue weighted by Crippen LogP contribution is 2.33. The Balaban J connectivity index is 3.03. The van der Waals surface area contributed by atoms with Crippen molar-refractivity contribution >= 4 is 11.5 Å². The lowest BCUT2D eigenvalue weighted by Gasteiger charge is -2.25. The number of rotatable bonds is 5. The summed E-state index contributed by atoms with van der Waals surface area (Å²) in [5.74, 6) is -0.732. The minimum absolute atomic E-state index is 0.0200. The van der Waals surface area contributed by atoms with Crippen LogP contribution in [0.15, 0.2) is 36.4 Å². The van der Waals surface area contributed by atoms with Gasteiger partial charge in [0.1, 0.15) is 0 Å². The maximum absolute atomic E-state index is 13.1. The van der Waals surface area contributed by atoms with Crippen molar-refractivity contribution in [1.29, 1.82) is 0 Å². The summed E-state index contributed by atoms with van der Waals surface area (Å²) in [5, 5.41) is 2.61. The second-order valence-electron chi connectivity index (χ2n) is 5.54. The average Bonchev–Trinajstić information content (AvgIpc) is 2.35. The molecular weight excluding hydrogens is 279 g/mol. The second-order valence-corrected chi connectivity index (χ2v) is 5.54. The fraction of sp³-hybridized carbons (Fsp3) is 0.438. The lowest BCUT2D eigenvalue weighted by molar-refractivity contribution is -0.118. The predicted molar refractivity (Wildman–Crippen MR) is 77.6 cm³/mol. The molecule has 0 atom stereocenters. The molecule has 21 heavy (non-hydrogen) atoms. The van der Waals surface area contributed by atoms with Gasteiger partial charge in [0.15, 0.2) is 0 Å². The molecule has 0 aromatic heterocycles. The molecule has 0 saturated carbocycles. The number of halogens is 3. The number of hydrogen-bond donors (Lipinski definition) is 1. The van der Waals surface area contributed by atoms with Crippen LogP contribution in [0.1, 0.15) is 39.2 Å². The Labute approximate surface area is 123 Å². The molecule has 0 aliphatic rings. The van der Waals surface area contributed by atoms with Gasteiger partial charge in [-0.1, -0.05) is 43.7 Å². The van der Waals surface area contributed by atoms with Crippen molar-refractivity contribution in [3.05, 3.63) is 42.0 Å². The molecular formula is C16H20F3NO. The molecule has 0 radical (unpaired) electrons. The van der Waals surface area contributed by atoms with E-state index in [1.165, 1.54) is 24.3 Å². The van der Waals surface area contributed by atoms with E-state index in [-0.39, 0.29) is 5.56 Å². The Morgan fingerprint density at radius 2 is 1.76 bits per heavy atom. The van der Waals surface area contributed by atoms with E-state index >= 15 is 0 Å². The molecule has 1 rings (SSSR count). The predicted octanol–water partition coefficient (Wildman–Crippen LogP) is 4.33. The van der Waals surface area contributed by atoms with Gasteiger partial charge in [-0.05, 0) is 25.8 Å². The summed E-state index contributed by atoms with van der Waals surface area (Å²) < 4.78 is 39.3. The van der Waals surface area contributed by atoms with Crippen molar-refractivity contribution < 1.29 is 18.0 Å². The SMILES string of the molecule is CCCC(C)(C)NC(=O)/C=C(/c1ccccc1)C(F)(F)F. The first kappa shape index (κ1) is 17.3. The smallest absolute Gasteiger partial charge is 0.348 e. The van der Waals surface area contributed by atoms with Crippen molar-refractivity contribution in [3.63, 3.8) is 0 Å². The first-order chi connectivity index (χ1) is 9.65. The minimum atomic E-state index is -4.58. The molecule has 0 spiro atoms. The van der Waals surface area contributed by atoms with Crippen molar-refractivity contribution in [2.75, 3.05) is 0 Å². The fourth-order valence-electron chi connectivity index (χ4n) is 2.13. The Morgan fingerprint density at radius 3 is 2.24 bits per heavy atom. The molecule has 0 fully saturated rings. The van der Waals surface area contributed by atoms with E-state index in [9.17, 15) is 18.0 Å². The molecule has 1 aromatic carbocycles. The quantitative estimate of drug-likeness (QED) is 0.806. The van der Waals surface area contributed by atoms with Gasteiger partial charge >= 0.3 is 6.18 Å². The van der Waals surface area contributed by atoms with Crippen LogP contribution in [0, 0.1) is 0 Å². The number of alkyl halides is 3. The number of hydrogen-bond acceptors (Lipinski definition) is 1. The molecule has 1 N–H and O–H groups in total. The third-order valence-electron chi connectivity index (χ3n) is 3.00. The van der Waals surface area contributed by atoms with Gasteiger partial charge in [0.25, 0.3) is 0 Å². The normalized spacial score (nSPS) is 13.1. The topological polar surface area (TPSA) is 29.1 Å². The highest BCUT2D eigenvalue weighted by Gasteiger charge is 2.35. The molecule has 5 heteroatoms. The van der Waals surface area contributed by atoms with Gasteiger partial charge in [-0.3, -0.25) is 4.79 Å². The van der Waals surface area contributed by atoms with Crippen molar-refractivity contribution in [1.82, 2.24) is 5.32 Å². The fourth-order valence-corrected chi connectivity index (χ4v) is 2.13. The summed E-state index contributed by atoms with van der Waals surface area (Å²) in [6.07, 6.45) is -2.42. The monoisotopic (exact) mass is 299 g/mol. The Hall–Kier alpha value is -1.78. The van der Waals surface area contributed by atoms with Crippen molar-refractivity contribution in [2.45, 2.75) is 45.3 Å². The summed E-state index contributed by atoms with van der Waals surface area (Å²) in [6, 6.07) is 7.32. The number of allylic oxidation sites excluding steroid dienone is 1. The molecule has 1 aromatic rings. The van der Waals surface area contributed by atoms with Gasteiger partial charge in [0.2, 0.25) is 5.91 Å². The van der Waals surface area contributed by atoms with Crippen LogP contribution in [-0.2, 0) is 4.79 Å². The lowest BCUT2D eigenvalue weighted by Crippen LogP contribution is -2.42. The summed E-state index contributed by atoms with van der Waals surface area (Å²) in [5.41, 5.74) is -1.49. The summed E-state index contributed by atoms with van der Waals surface area (Å²) in [7, 11) is 0. The third kappa shape index (κ3) is 5.61. The van der Waals surface area contributed by atoms with E-state index in [1.54, 1.807) is 19.9 Å². The number of carbonyl (C=O) groups excluding carboxylic acids is 1. The van der Waals surface area contributed by atoms with Crippen molar-refractivity contribution in [3.8, 4) is 0 Å². The molecule has 0 heterocycles. The van der Waals surface area contributed by atoms with E-state index in [0.29, 0.717) is 12.5 Å². The largest absolute Gasteiger partial charge is 0.417 e. The van der Waals surface area contributed by atoms with Gasteiger partial charge in [0.05, 0.1) is 5.57 Å². The Bertz CT molecular complexity index is 504. The van der Waals surface area contributed by atoms with E-state index in [0.717, 1.165) is 6.42 Å². The van der Waals surface area contributed by atoms with Gasteiger partial charge in [-0.15, -0.1) is 0 Å². The van der Waals surface area contributed by atoms with E-state index in [1.807, 2.05) is 6.92 Å². The Kier molecular flexibility index (Phi) is 5.58. The van der Waals surface area contributed by atoms with E-state index in [4.69, 9.17) is 0 Å². The van der Waals surface area contributed by atoms with Crippen LogP contribution in [0.2, 0.25) is 0 Å². The molecule has 2 nitrogen and oxygen atoms in total. The second kappa shape index (κ2) is 6.78. The van der Waals surface area contributed by atoms with Crippen LogP contribution < -0.4 is 5.32 Å². The maximum Gasteiger partial charge on any atom is 0.417 e. The van der Waals surface area contributed by atoms with Crippen LogP contribution in [0.3, 0.4) is 0 Å². The summed E-state index contributed by atoms with van der Waals surface area (Å²) in [6.45, 7) is 5.53. The summed E-state index contributed by atoms with van der Waals surface area (Å²) in [4.78, 5) is 11.9. The molecule has 0 saturated heterocycles. The third-order valence-corrected chi connectivity index (χ3v) is 3.00. The van der Waals surface area contributed by atoms with E-state index < -0.39 is 23.2 Å². The average molecular weight is 299 g/mol. The number of amides is 1. The standard InChI is InChI=1S/C16H20F3NO/c1-4-10-15(2,3)20-14(21)11-13(16(17,18)19)12-8-6-5-7-9-12/h5-9,11H,4,10H2,1-3H3,(H,20,21)/b13-11-.